The van der Waals surface area contributed by atoms with Gasteiger partial charge in [-0.15, -0.1) is 0 Å². The Kier molecular flexibility index (Phi) is 6.65. The van der Waals surface area contributed by atoms with Crippen LogP contribution in [0.3, 0.4) is 0 Å². The quantitative estimate of drug-likeness (QED) is 0.181. The Hall–Kier alpha value is -7.30. The maximum atomic E-state index is 5.33. The lowest BCUT2D eigenvalue weighted by molar-refractivity contribution is 0.661. The SMILES string of the molecule is CC1(C)c2ccccc2-c2cc3c4ccccc4n(-c4cc(-c5cc(-c6ccccc6)c6ncccc6n5)cc(-n5c6ccccc6c6ccccc65)c4)c3cc21. The summed E-state index contributed by atoms with van der Waals surface area (Å²) in [5.74, 6) is 0. The third-order valence-corrected chi connectivity index (χ3v) is 12.3. The highest BCUT2D eigenvalue weighted by Crippen LogP contribution is 2.51. The minimum atomic E-state index is -0.131. The maximum absolute atomic E-state index is 5.33. The first-order valence-corrected chi connectivity index (χ1v) is 19.7. The molecule has 0 amide bonds. The average Bonchev–Trinajstić information content (AvgIpc) is 3.85. The van der Waals surface area contributed by atoms with Crippen molar-refractivity contribution in [3.05, 3.63) is 193 Å². The zero-order valence-corrected chi connectivity index (χ0v) is 31.6. The van der Waals surface area contributed by atoms with Crippen LogP contribution in [0.2, 0.25) is 0 Å². The van der Waals surface area contributed by atoms with E-state index in [9.17, 15) is 0 Å². The smallest absolute Gasteiger partial charge is 0.0965 e. The molecule has 0 fully saturated rings. The second kappa shape index (κ2) is 11.8. The first kappa shape index (κ1) is 32.0. The van der Waals surface area contributed by atoms with Crippen LogP contribution in [0.4, 0.5) is 0 Å². The molecule has 0 N–H and O–H groups in total. The summed E-state index contributed by atoms with van der Waals surface area (Å²) in [4.78, 5) is 10.2. The van der Waals surface area contributed by atoms with E-state index in [-0.39, 0.29) is 5.41 Å². The molecule has 4 heteroatoms. The fourth-order valence-electron chi connectivity index (χ4n) is 9.69. The first-order valence-electron chi connectivity index (χ1n) is 19.7. The van der Waals surface area contributed by atoms with Gasteiger partial charge in [-0.3, -0.25) is 4.98 Å². The Labute approximate surface area is 329 Å². The summed E-state index contributed by atoms with van der Waals surface area (Å²) >= 11 is 0. The summed E-state index contributed by atoms with van der Waals surface area (Å²) in [5, 5.41) is 4.95. The highest BCUT2D eigenvalue weighted by atomic mass is 15.0. The molecule has 11 aromatic rings. The lowest BCUT2D eigenvalue weighted by atomic mass is 9.82. The molecule has 4 heterocycles. The maximum Gasteiger partial charge on any atom is 0.0965 e. The molecule has 268 valence electrons. The number of pyridine rings is 2. The molecule has 0 bridgehead atoms. The molecule has 4 nitrogen and oxygen atoms in total. The minimum Gasteiger partial charge on any atom is -0.309 e. The van der Waals surface area contributed by atoms with Crippen LogP contribution in [-0.4, -0.2) is 19.1 Å². The van der Waals surface area contributed by atoms with Crippen molar-refractivity contribution in [2.45, 2.75) is 19.3 Å². The van der Waals surface area contributed by atoms with E-state index in [2.05, 4.69) is 193 Å². The zero-order valence-electron chi connectivity index (χ0n) is 31.6. The van der Waals surface area contributed by atoms with Crippen LogP contribution in [-0.2, 0) is 5.41 Å². The van der Waals surface area contributed by atoms with E-state index < -0.39 is 0 Å². The predicted octanol–water partition coefficient (Wildman–Crippen LogP) is 13.5. The van der Waals surface area contributed by atoms with Gasteiger partial charge in [-0.25, -0.2) is 4.98 Å². The Morgan fingerprint density at radius 1 is 0.421 bits per heavy atom. The number of rotatable bonds is 4. The van der Waals surface area contributed by atoms with Gasteiger partial charge in [-0.1, -0.05) is 123 Å². The number of hydrogen-bond donors (Lipinski definition) is 0. The largest absolute Gasteiger partial charge is 0.309 e. The van der Waals surface area contributed by atoms with Crippen LogP contribution in [0.15, 0.2) is 182 Å². The number of para-hydroxylation sites is 3. The second-order valence-corrected chi connectivity index (χ2v) is 15.8. The predicted molar refractivity (Wildman–Crippen MR) is 237 cm³/mol. The molecule has 0 aliphatic heterocycles. The number of hydrogen-bond acceptors (Lipinski definition) is 2. The molecule has 7 aromatic carbocycles. The van der Waals surface area contributed by atoms with Gasteiger partial charge < -0.3 is 9.13 Å². The molecule has 0 spiro atoms. The highest BCUT2D eigenvalue weighted by molar-refractivity contribution is 6.12. The van der Waals surface area contributed by atoms with E-state index in [1.165, 1.54) is 65.9 Å². The molecule has 1 aliphatic carbocycles. The fourth-order valence-corrected chi connectivity index (χ4v) is 9.69. The van der Waals surface area contributed by atoms with Crippen molar-refractivity contribution in [1.82, 2.24) is 19.1 Å². The molecule has 0 radical (unpaired) electrons. The van der Waals surface area contributed by atoms with Gasteiger partial charge in [0, 0.05) is 55.7 Å². The van der Waals surface area contributed by atoms with Crippen molar-refractivity contribution < 1.29 is 0 Å². The average molecular weight is 729 g/mol. The van der Waals surface area contributed by atoms with Gasteiger partial charge in [0.05, 0.1) is 38.8 Å². The molecule has 12 rings (SSSR count). The molecule has 0 atom stereocenters. The Morgan fingerprint density at radius 2 is 1.02 bits per heavy atom. The first-order chi connectivity index (χ1) is 28.0. The fraction of sp³-hybridized carbons (Fsp3) is 0.0566. The molecule has 0 saturated carbocycles. The van der Waals surface area contributed by atoms with Gasteiger partial charge in [-0.05, 0) is 94.5 Å². The van der Waals surface area contributed by atoms with E-state index >= 15 is 0 Å². The third kappa shape index (κ3) is 4.62. The van der Waals surface area contributed by atoms with Gasteiger partial charge in [0.25, 0.3) is 0 Å². The number of nitrogens with zero attached hydrogens (tertiary/aromatic N) is 4. The van der Waals surface area contributed by atoms with Crippen molar-refractivity contribution in [2.24, 2.45) is 0 Å². The number of benzene rings is 7. The van der Waals surface area contributed by atoms with Crippen LogP contribution in [0.25, 0.3) is 99.5 Å². The van der Waals surface area contributed by atoms with Gasteiger partial charge in [0.15, 0.2) is 0 Å². The van der Waals surface area contributed by atoms with Crippen molar-refractivity contribution in [2.75, 3.05) is 0 Å². The summed E-state index contributed by atoms with van der Waals surface area (Å²) in [5.41, 5.74) is 18.0. The molecule has 4 aromatic heterocycles. The monoisotopic (exact) mass is 728 g/mol. The van der Waals surface area contributed by atoms with Crippen molar-refractivity contribution in [3.8, 4) is 44.9 Å². The molecule has 57 heavy (non-hydrogen) atoms. The van der Waals surface area contributed by atoms with E-state index in [1.54, 1.807) is 0 Å². The van der Waals surface area contributed by atoms with Crippen molar-refractivity contribution in [3.63, 3.8) is 0 Å². The summed E-state index contributed by atoms with van der Waals surface area (Å²) in [7, 11) is 0. The van der Waals surface area contributed by atoms with Crippen molar-refractivity contribution >= 4 is 54.6 Å². The number of aromatic nitrogens is 4. The molecular weight excluding hydrogens is 693 g/mol. The standard InChI is InChI=1S/C53H36N4/c1-53(2)44-21-10-6-17-37(44)42-30-43-40-20-9-13-25-50(40)57(51(43)32-45(42)53)36-28-34(47-31-41(33-15-4-3-5-16-33)52-46(55-47)22-14-26-54-52)27-35(29-36)56-48-23-11-7-18-38(48)39-19-8-12-24-49(39)56/h3-32H,1-2H3. The number of fused-ring (bicyclic) bond motifs is 10. The highest BCUT2D eigenvalue weighted by Gasteiger charge is 2.36. The summed E-state index contributed by atoms with van der Waals surface area (Å²) in [6.45, 7) is 4.73. The van der Waals surface area contributed by atoms with E-state index in [0.717, 1.165) is 44.8 Å². The van der Waals surface area contributed by atoms with Gasteiger partial charge in [0.1, 0.15) is 0 Å². The molecule has 0 saturated heterocycles. The minimum absolute atomic E-state index is 0.131. The molecule has 1 aliphatic rings. The zero-order chi connectivity index (χ0) is 37.8. The van der Waals surface area contributed by atoms with Gasteiger partial charge >= 0.3 is 0 Å². The van der Waals surface area contributed by atoms with Crippen molar-refractivity contribution in [1.29, 1.82) is 0 Å². The lowest BCUT2D eigenvalue weighted by Crippen LogP contribution is -2.15. The summed E-state index contributed by atoms with van der Waals surface area (Å²) in [6.07, 6.45) is 1.86. The van der Waals surface area contributed by atoms with Crippen LogP contribution < -0.4 is 0 Å². The van der Waals surface area contributed by atoms with Gasteiger partial charge in [0.2, 0.25) is 0 Å². The molecular formula is C53H36N4. The van der Waals surface area contributed by atoms with Crippen LogP contribution in [0, 0.1) is 0 Å². The Morgan fingerprint density at radius 3 is 1.72 bits per heavy atom. The normalized spacial score (nSPS) is 13.2. The van der Waals surface area contributed by atoms with E-state index in [0.29, 0.717) is 0 Å². The van der Waals surface area contributed by atoms with Crippen LogP contribution in [0.5, 0.6) is 0 Å². The van der Waals surface area contributed by atoms with Crippen LogP contribution in [0.1, 0.15) is 25.0 Å². The summed E-state index contributed by atoms with van der Waals surface area (Å²) < 4.78 is 4.90. The molecule has 0 unspecified atom stereocenters. The van der Waals surface area contributed by atoms with Crippen LogP contribution >= 0.6 is 0 Å². The summed E-state index contributed by atoms with van der Waals surface area (Å²) in [6, 6.07) is 64.0. The Bertz CT molecular complexity index is 3390. The van der Waals surface area contributed by atoms with E-state index in [1.807, 2.05) is 12.3 Å². The third-order valence-electron chi connectivity index (χ3n) is 12.3. The Balaban J connectivity index is 1.20. The second-order valence-electron chi connectivity index (χ2n) is 15.8. The van der Waals surface area contributed by atoms with Gasteiger partial charge in [-0.2, -0.15) is 0 Å². The van der Waals surface area contributed by atoms with E-state index in [4.69, 9.17) is 9.97 Å². The lowest BCUT2D eigenvalue weighted by Gasteiger charge is -2.22. The topological polar surface area (TPSA) is 35.6 Å².